The number of aliphatic hydroxyl groups excluding tert-OH is 1. The summed E-state index contributed by atoms with van der Waals surface area (Å²) in [6, 6.07) is 7.43. The van der Waals surface area contributed by atoms with Crippen LogP contribution in [0, 0.1) is 25.5 Å². The molecule has 0 aromatic heterocycles. The Hall–Kier alpha value is -1.26. The fourth-order valence-electron chi connectivity index (χ4n) is 1.96. The molecule has 0 radical (unpaired) electrons. The maximum atomic E-state index is 13.9. The Morgan fingerprint density at radius 3 is 2.42 bits per heavy atom. The van der Waals surface area contributed by atoms with Crippen molar-refractivity contribution < 1.29 is 13.9 Å². The second-order valence-corrected chi connectivity index (χ2v) is 5.33. The lowest BCUT2D eigenvalue weighted by molar-refractivity contribution is 0.213. The Bertz CT molecular complexity index is 626. The maximum Gasteiger partial charge on any atom is 0.129 e. The van der Waals surface area contributed by atoms with E-state index in [0.29, 0.717) is 5.56 Å². The molecule has 0 amide bonds. The predicted molar refractivity (Wildman–Crippen MR) is 74.0 cm³/mol. The van der Waals surface area contributed by atoms with Crippen LogP contribution in [0.25, 0.3) is 0 Å². The zero-order chi connectivity index (χ0) is 14.2. The molecule has 4 heteroatoms. The van der Waals surface area contributed by atoms with Crippen molar-refractivity contribution in [2.24, 2.45) is 0 Å². The molecule has 0 aliphatic rings. The first-order valence-electron chi connectivity index (χ1n) is 5.80. The van der Waals surface area contributed by atoms with Crippen LogP contribution in [0.3, 0.4) is 0 Å². The summed E-state index contributed by atoms with van der Waals surface area (Å²) in [7, 11) is 0. The molecule has 0 saturated heterocycles. The highest BCUT2D eigenvalue weighted by atomic mass is 79.9. The van der Waals surface area contributed by atoms with E-state index < -0.39 is 17.7 Å². The van der Waals surface area contributed by atoms with E-state index in [0.717, 1.165) is 22.2 Å². The Kier molecular flexibility index (Phi) is 4.02. The lowest BCUT2D eigenvalue weighted by Crippen LogP contribution is -2.06. The number of hydrogen-bond donors (Lipinski definition) is 1. The molecule has 0 spiro atoms. The number of halogens is 3. The molecule has 0 aliphatic carbocycles. The maximum absolute atomic E-state index is 13.9. The number of rotatable bonds is 2. The van der Waals surface area contributed by atoms with E-state index in [4.69, 9.17) is 0 Å². The third-order valence-corrected chi connectivity index (χ3v) is 4.04. The Labute approximate surface area is 119 Å². The van der Waals surface area contributed by atoms with Gasteiger partial charge in [-0.3, -0.25) is 0 Å². The minimum atomic E-state index is -1.19. The SMILES string of the molecule is Cc1cc(F)c(C(O)c2cccc(Br)c2C)cc1F. The van der Waals surface area contributed by atoms with Crippen molar-refractivity contribution in [3.63, 3.8) is 0 Å². The largest absolute Gasteiger partial charge is 0.384 e. The van der Waals surface area contributed by atoms with Gasteiger partial charge in [-0.1, -0.05) is 28.1 Å². The van der Waals surface area contributed by atoms with E-state index in [-0.39, 0.29) is 11.1 Å². The number of hydrogen-bond acceptors (Lipinski definition) is 1. The molecular weight excluding hydrogens is 314 g/mol. The predicted octanol–water partition coefficient (Wildman–Crippen LogP) is 4.43. The molecule has 19 heavy (non-hydrogen) atoms. The summed E-state index contributed by atoms with van der Waals surface area (Å²) in [5, 5.41) is 10.3. The summed E-state index contributed by atoms with van der Waals surface area (Å²) < 4.78 is 28.2. The second kappa shape index (κ2) is 5.39. The topological polar surface area (TPSA) is 20.2 Å². The molecule has 100 valence electrons. The van der Waals surface area contributed by atoms with Crippen LogP contribution in [-0.2, 0) is 0 Å². The first-order chi connectivity index (χ1) is 8.91. The molecule has 1 nitrogen and oxygen atoms in total. The molecule has 0 aliphatic heterocycles. The van der Waals surface area contributed by atoms with E-state index in [9.17, 15) is 13.9 Å². The van der Waals surface area contributed by atoms with Gasteiger partial charge < -0.3 is 5.11 Å². The lowest BCUT2D eigenvalue weighted by atomic mass is 9.96. The van der Waals surface area contributed by atoms with Crippen molar-refractivity contribution in [3.05, 3.63) is 68.7 Å². The van der Waals surface area contributed by atoms with Gasteiger partial charge in [0, 0.05) is 10.0 Å². The molecule has 0 heterocycles. The van der Waals surface area contributed by atoms with Crippen LogP contribution < -0.4 is 0 Å². The van der Waals surface area contributed by atoms with Gasteiger partial charge in [-0.15, -0.1) is 0 Å². The Morgan fingerprint density at radius 1 is 1.05 bits per heavy atom. The summed E-state index contributed by atoms with van der Waals surface area (Å²) in [6.07, 6.45) is -1.19. The van der Waals surface area contributed by atoms with Gasteiger partial charge in [0.1, 0.15) is 17.7 Å². The van der Waals surface area contributed by atoms with Crippen molar-refractivity contribution in [2.75, 3.05) is 0 Å². The molecule has 0 bridgehead atoms. The molecule has 2 aromatic rings. The highest BCUT2D eigenvalue weighted by Crippen LogP contribution is 2.31. The lowest BCUT2D eigenvalue weighted by Gasteiger charge is -2.16. The minimum absolute atomic E-state index is 0.0516. The smallest absolute Gasteiger partial charge is 0.129 e. The summed E-state index contributed by atoms with van der Waals surface area (Å²) in [5.41, 5.74) is 1.52. The van der Waals surface area contributed by atoms with Crippen molar-refractivity contribution in [2.45, 2.75) is 20.0 Å². The Balaban J connectivity index is 2.53. The summed E-state index contributed by atoms with van der Waals surface area (Å²) in [6.45, 7) is 3.30. The van der Waals surface area contributed by atoms with E-state index in [1.54, 1.807) is 12.1 Å². The van der Waals surface area contributed by atoms with E-state index in [2.05, 4.69) is 15.9 Å². The molecule has 0 saturated carbocycles. The third kappa shape index (κ3) is 2.69. The van der Waals surface area contributed by atoms with Crippen LogP contribution in [0.15, 0.2) is 34.8 Å². The summed E-state index contributed by atoms with van der Waals surface area (Å²) in [5.74, 6) is -1.13. The van der Waals surface area contributed by atoms with Crippen molar-refractivity contribution in [1.82, 2.24) is 0 Å². The monoisotopic (exact) mass is 326 g/mol. The highest BCUT2D eigenvalue weighted by Gasteiger charge is 2.19. The summed E-state index contributed by atoms with van der Waals surface area (Å²) >= 11 is 3.35. The minimum Gasteiger partial charge on any atom is -0.384 e. The van der Waals surface area contributed by atoms with Gasteiger partial charge in [-0.05, 0) is 48.7 Å². The molecule has 2 aromatic carbocycles. The van der Waals surface area contributed by atoms with Gasteiger partial charge in [-0.25, -0.2) is 8.78 Å². The van der Waals surface area contributed by atoms with Crippen LogP contribution >= 0.6 is 15.9 Å². The second-order valence-electron chi connectivity index (χ2n) is 4.48. The van der Waals surface area contributed by atoms with E-state index in [1.165, 1.54) is 6.92 Å². The number of aryl methyl sites for hydroxylation is 1. The summed E-state index contributed by atoms with van der Waals surface area (Å²) in [4.78, 5) is 0. The first kappa shape index (κ1) is 14.2. The zero-order valence-corrected chi connectivity index (χ0v) is 12.1. The van der Waals surface area contributed by atoms with Gasteiger partial charge in [0.05, 0.1) is 0 Å². The highest BCUT2D eigenvalue weighted by molar-refractivity contribution is 9.10. The third-order valence-electron chi connectivity index (χ3n) is 3.18. The number of aliphatic hydroxyl groups is 1. The Morgan fingerprint density at radius 2 is 1.74 bits per heavy atom. The van der Waals surface area contributed by atoms with E-state index in [1.807, 2.05) is 13.0 Å². The molecule has 1 unspecified atom stereocenters. The fourth-order valence-corrected chi connectivity index (χ4v) is 2.34. The quantitative estimate of drug-likeness (QED) is 0.865. The van der Waals surface area contributed by atoms with Gasteiger partial charge >= 0.3 is 0 Å². The van der Waals surface area contributed by atoms with Gasteiger partial charge in [0.2, 0.25) is 0 Å². The van der Waals surface area contributed by atoms with Crippen LogP contribution in [0.2, 0.25) is 0 Å². The average molecular weight is 327 g/mol. The fraction of sp³-hybridized carbons (Fsp3) is 0.200. The molecular formula is C15H13BrF2O. The van der Waals surface area contributed by atoms with Gasteiger partial charge in [-0.2, -0.15) is 0 Å². The molecule has 1 atom stereocenters. The van der Waals surface area contributed by atoms with Gasteiger partial charge in [0.25, 0.3) is 0 Å². The van der Waals surface area contributed by atoms with Crippen LogP contribution in [0.4, 0.5) is 8.78 Å². The van der Waals surface area contributed by atoms with Crippen LogP contribution in [0.1, 0.15) is 28.4 Å². The standard InChI is InChI=1S/C15H13BrF2O/c1-8-6-14(18)11(7-13(8)17)15(19)10-4-3-5-12(16)9(10)2/h3-7,15,19H,1-2H3. The average Bonchev–Trinajstić information content (AvgIpc) is 2.36. The van der Waals surface area contributed by atoms with Gasteiger partial charge in [0.15, 0.2) is 0 Å². The molecule has 2 rings (SSSR count). The molecule has 1 N–H and O–H groups in total. The van der Waals surface area contributed by atoms with Crippen molar-refractivity contribution in [1.29, 1.82) is 0 Å². The van der Waals surface area contributed by atoms with Crippen LogP contribution in [-0.4, -0.2) is 5.11 Å². The molecule has 0 fully saturated rings. The number of benzene rings is 2. The normalized spacial score (nSPS) is 12.5. The van der Waals surface area contributed by atoms with E-state index >= 15 is 0 Å². The van der Waals surface area contributed by atoms with Crippen molar-refractivity contribution >= 4 is 15.9 Å². The zero-order valence-electron chi connectivity index (χ0n) is 10.5. The van der Waals surface area contributed by atoms with Crippen molar-refractivity contribution in [3.8, 4) is 0 Å². The van der Waals surface area contributed by atoms with Crippen LogP contribution in [0.5, 0.6) is 0 Å². The first-order valence-corrected chi connectivity index (χ1v) is 6.59.